The van der Waals surface area contributed by atoms with Crippen molar-refractivity contribution < 1.29 is 19.4 Å². The minimum absolute atomic E-state index is 0.183. The van der Waals surface area contributed by atoms with Gasteiger partial charge in [0.15, 0.2) is 5.78 Å². The first kappa shape index (κ1) is 8.93. The quantitative estimate of drug-likeness (QED) is 0.336. The predicted molar refractivity (Wildman–Crippen MR) is 40.3 cm³/mol. The molecular formula is C8H10O4. The Labute approximate surface area is 69.8 Å². The van der Waals surface area contributed by atoms with Gasteiger partial charge in [-0.3, -0.25) is 4.79 Å². The molecule has 0 aromatic heterocycles. The van der Waals surface area contributed by atoms with E-state index in [1.165, 1.54) is 6.08 Å². The van der Waals surface area contributed by atoms with Crippen LogP contribution in [0.1, 0.15) is 12.8 Å². The van der Waals surface area contributed by atoms with Crippen molar-refractivity contribution >= 4 is 11.8 Å². The predicted octanol–water partition coefficient (Wildman–Crippen LogP) is -0.190. The van der Waals surface area contributed by atoms with Crippen LogP contribution in [-0.2, 0) is 14.3 Å². The number of aliphatic hydroxyl groups is 1. The lowest BCUT2D eigenvalue weighted by atomic mass is 9.90. The van der Waals surface area contributed by atoms with Crippen LogP contribution < -0.4 is 0 Å². The van der Waals surface area contributed by atoms with Crippen molar-refractivity contribution in [3.63, 3.8) is 0 Å². The SMILES string of the molecule is COC(=O)[C@]1(O)C=CCCC1=O. The summed E-state index contributed by atoms with van der Waals surface area (Å²) >= 11 is 0. The summed E-state index contributed by atoms with van der Waals surface area (Å²) in [5, 5.41) is 9.50. The fourth-order valence-electron chi connectivity index (χ4n) is 1.09. The van der Waals surface area contributed by atoms with Crippen molar-refractivity contribution in [2.75, 3.05) is 7.11 Å². The number of Topliss-reactive ketones (excluding diaryl/α,β-unsaturated/α-hetero) is 1. The summed E-state index contributed by atoms with van der Waals surface area (Å²) in [5.41, 5.74) is -2.03. The number of allylic oxidation sites excluding steroid dienone is 1. The Morgan fingerprint density at radius 1 is 1.75 bits per heavy atom. The minimum atomic E-state index is -2.03. The molecule has 0 spiro atoms. The number of rotatable bonds is 1. The Morgan fingerprint density at radius 2 is 2.42 bits per heavy atom. The van der Waals surface area contributed by atoms with Crippen molar-refractivity contribution in [3.8, 4) is 0 Å². The maximum Gasteiger partial charge on any atom is 0.349 e. The highest BCUT2D eigenvalue weighted by Gasteiger charge is 2.43. The van der Waals surface area contributed by atoms with Crippen LogP contribution in [0.2, 0.25) is 0 Å². The van der Waals surface area contributed by atoms with Crippen LogP contribution >= 0.6 is 0 Å². The zero-order valence-electron chi connectivity index (χ0n) is 6.74. The van der Waals surface area contributed by atoms with Gasteiger partial charge in [-0.1, -0.05) is 6.08 Å². The zero-order chi connectivity index (χ0) is 9.19. The topological polar surface area (TPSA) is 63.6 Å². The molecule has 1 aliphatic rings. The summed E-state index contributed by atoms with van der Waals surface area (Å²) in [7, 11) is 1.13. The van der Waals surface area contributed by atoms with Crippen molar-refractivity contribution in [1.82, 2.24) is 0 Å². The van der Waals surface area contributed by atoms with Crippen LogP contribution in [0.25, 0.3) is 0 Å². The second-order valence-electron chi connectivity index (χ2n) is 2.62. The first-order chi connectivity index (χ1) is 5.61. The van der Waals surface area contributed by atoms with E-state index in [0.717, 1.165) is 7.11 Å². The first-order valence-corrected chi connectivity index (χ1v) is 3.63. The number of carbonyl (C=O) groups excluding carboxylic acids is 2. The molecule has 0 saturated heterocycles. The normalized spacial score (nSPS) is 28.7. The highest BCUT2D eigenvalue weighted by atomic mass is 16.5. The maximum atomic E-state index is 11.1. The maximum absolute atomic E-state index is 11.1. The molecule has 1 N–H and O–H groups in total. The van der Waals surface area contributed by atoms with Gasteiger partial charge in [-0.15, -0.1) is 0 Å². The third kappa shape index (κ3) is 1.25. The van der Waals surface area contributed by atoms with Crippen molar-refractivity contribution in [1.29, 1.82) is 0 Å². The Bertz CT molecular complexity index is 243. The number of esters is 1. The minimum Gasteiger partial charge on any atom is -0.466 e. The molecule has 66 valence electrons. The second kappa shape index (κ2) is 3.06. The van der Waals surface area contributed by atoms with E-state index in [1.54, 1.807) is 6.08 Å². The van der Waals surface area contributed by atoms with Gasteiger partial charge in [0, 0.05) is 6.42 Å². The van der Waals surface area contributed by atoms with Crippen LogP contribution in [0.3, 0.4) is 0 Å². The molecule has 0 aromatic carbocycles. The molecule has 4 heteroatoms. The molecule has 1 atom stereocenters. The second-order valence-corrected chi connectivity index (χ2v) is 2.62. The van der Waals surface area contributed by atoms with E-state index in [9.17, 15) is 14.7 Å². The highest BCUT2D eigenvalue weighted by Crippen LogP contribution is 2.19. The molecule has 1 rings (SSSR count). The molecule has 0 aliphatic heterocycles. The summed E-state index contributed by atoms with van der Waals surface area (Å²) < 4.78 is 4.30. The Morgan fingerprint density at radius 3 is 2.92 bits per heavy atom. The van der Waals surface area contributed by atoms with Gasteiger partial charge in [0.05, 0.1) is 7.11 Å². The molecule has 0 aromatic rings. The molecular weight excluding hydrogens is 160 g/mol. The lowest BCUT2D eigenvalue weighted by Gasteiger charge is -2.22. The highest BCUT2D eigenvalue weighted by molar-refractivity contribution is 6.09. The van der Waals surface area contributed by atoms with E-state index in [-0.39, 0.29) is 6.42 Å². The van der Waals surface area contributed by atoms with Gasteiger partial charge in [-0.2, -0.15) is 0 Å². The number of methoxy groups -OCH3 is 1. The molecule has 0 amide bonds. The van der Waals surface area contributed by atoms with Crippen molar-refractivity contribution in [3.05, 3.63) is 12.2 Å². The third-order valence-electron chi connectivity index (χ3n) is 1.82. The molecule has 0 fully saturated rings. The molecule has 12 heavy (non-hydrogen) atoms. The Hall–Kier alpha value is -1.16. The number of hydrogen-bond donors (Lipinski definition) is 1. The largest absolute Gasteiger partial charge is 0.466 e. The molecule has 4 nitrogen and oxygen atoms in total. The summed E-state index contributed by atoms with van der Waals surface area (Å²) in [4.78, 5) is 22.1. The average molecular weight is 170 g/mol. The van der Waals surface area contributed by atoms with Crippen LogP contribution in [0, 0.1) is 0 Å². The number of hydrogen-bond acceptors (Lipinski definition) is 4. The fraction of sp³-hybridized carbons (Fsp3) is 0.500. The van der Waals surface area contributed by atoms with E-state index in [0.29, 0.717) is 6.42 Å². The summed E-state index contributed by atoms with van der Waals surface area (Å²) in [5.74, 6) is -1.42. The van der Waals surface area contributed by atoms with Crippen molar-refractivity contribution in [2.24, 2.45) is 0 Å². The Balaban J connectivity index is 2.94. The van der Waals surface area contributed by atoms with Crippen LogP contribution in [-0.4, -0.2) is 29.6 Å². The third-order valence-corrected chi connectivity index (χ3v) is 1.82. The van der Waals surface area contributed by atoms with Gasteiger partial charge >= 0.3 is 5.97 Å². The van der Waals surface area contributed by atoms with Gasteiger partial charge < -0.3 is 9.84 Å². The monoisotopic (exact) mass is 170 g/mol. The first-order valence-electron chi connectivity index (χ1n) is 3.63. The summed E-state index contributed by atoms with van der Waals surface area (Å²) in [6.45, 7) is 0. The van der Waals surface area contributed by atoms with Gasteiger partial charge in [0.25, 0.3) is 0 Å². The average Bonchev–Trinajstić information content (AvgIpc) is 2.09. The standard InChI is InChI=1S/C8H10O4/c1-12-7(10)8(11)5-3-2-4-6(8)9/h3,5,11H,2,4H2,1H3/t8-/m0/s1. The molecule has 0 radical (unpaired) electrons. The van der Waals surface area contributed by atoms with Crippen LogP contribution in [0.5, 0.6) is 0 Å². The molecule has 0 bridgehead atoms. The summed E-state index contributed by atoms with van der Waals surface area (Å²) in [6.07, 6.45) is 3.53. The smallest absolute Gasteiger partial charge is 0.349 e. The van der Waals surface area contributed by atoms with Crippen LogP contribution in [0.4, 0.5) is 0 Å². The van der Waals surface area contributed by atoms with Crippen molar-refractivity contribution in [2.45, 2.75) is 18.4 Å². The lowest BCUT2D eigenvalue weighted by molar-refractivity contribution is -0.163. The lowest BCUT2D eigenvalue weighted by Crippen LogP contribution is -2.46. The molecule has 1 aliphatic carbocycles. The number of ether oxygens (including phenoxy) is 1. The number of carbonyl (C=O) groups is 2. The van der Waals surface area contributed by atoms with Gasteiger partial charge in [-0.05, 0) is 12.5 Å². The van der Waals surface area contributed by atoms with E-state index >= 15 is 0 Å². The van der Waals surface area contributed by atoms with Gasteiger partial charge in [0.2, 0.25) is 5.60 Å². The zero-order valence-corrected chi connectivity index (χ0v) is 6.74. The van der Waals surface area contributed by atoms with Gasteiger partial charge in [0.1, 0.15) is 0 Å². The summed E-state index contributed by atoms with van der Waals surface area (Å²) in [6, 6.07) is 0. The van der Waals surface area contributed by atoms with Crippen LogP contribution in [0.15, 0.2) is 12.2 Å². The van der Waals surface area contributed by atoms with E-state index < -0.39 is 17.4 Å². The van der Waals surface area contributed by atoms with E-state index in [1.807, 2.05) is 0 Å². The van der Waals surface area contributed by atoms with Gasteiger partial charge in [-0.25, -0.2) is 4.79 Å². The van der Waals surface area contributed by atoms with E-state index in [4.69, 9.17) is 0 Å². The molecule has 0 heterocycles. The van der Waals surface area contributed by atoms with E-state index in [2.05, 4.69) is 4.74 Å². The number of ketones is 1. The Kier molecular flexibility index (Phi) is 2.28. The molecule has 0 unspecified atom stereocenters. The molecule has 0 saturated carbocycles. The fourth-order valence-corrected chi connectivity index (χ4v) is 1.09.